The van der Waals surface area contributed by atoms with E-state index in [2.05, 4.69) is 16.0 Å². The van der Waals surface area contributed by atoms with Crippen molar-refractivity contribution < 1.29 is 14.4 Å². The molecule has 3 aromatic rings. The van der Waals surface area contributed by atoms with Gasteiger partial charge in [0.05, 0.1) is 16.6 Å². The van der Waals surface area contributed by atoms with Gasteiger partial charge in [-0.15, -0.1) is 0 Å². The molecule has 9 nitrogen and oxygen atoms in total. The molecule has 0 aliphatic heterocycles. The molecule has 0 aliphatic rings. The summed E-state index contributed by atoms with van der Waals surface area (Å²) in [5.41, 5.74) is -0.987. The number of nitriles is 1. The predicted octanol–water partition coefficient (Wildman–Crippen LogP) is 2.69. The Labute approximate surface area is 145 Å². The van der Waals surface area contributed by atoms with Crippen LogP contribution in [0.4, 0.5) is 5.69 Å². The Morgan fingerprint density at radius 3 is 2.73 bits per heavy atom. The maximum absolute atomic E-state index is 11.6. The fourth-order valence-electron chi connectivity index (χ4n) is 2.26. The van der Waals surface area contributed by atoms with E-state index in [1.54, 1.807) is 36.4 Å². The van der Waals surface area contributed by atoms with Crippen LogP contribution in [0.3, 0.4) is 0 Å². The first-order valence-electron chi connectivity index (χ1n) is 7.24. The highest BCUT2D eigenvalue weighted by Gasteiger charge is 2.21. The van der Waals surface area contributed by atoms with Crippen LogP contribution in [0.5, 0.6) is 5.88 Å². The number of rotatable bonds is 4. The minimum absolute atomic E-state index is 0.0755. The Bertz CT molecular complexity index is 1120. The zero-order valence-electron chi connectivity index (χ0n) is 13.0. The lowest BCUT2D eigenvalue weighted by molar-refractivity contribution is -0.387. The number of furan rings is 1. The summed E-state index contributed by atoms with van der Waals surface area (Å²) in [6.45, 7) is 0. The Morgan fingerprint density at radius 2 is 2.04 bits per heavy atom. The molecule has 0 aliphatic carbocycles. The number of benzene rings is 1. The van der Waals surface area contributed by atoms with Crippen molar-refractivity contribution in [1.82, 2.24) is 9.97 Å². The molecule has 26 heavy (non-hydrogen) atoms. The molecule has 0 saturated heterocycles. The monoisotopic (exact) mass is 350 g/mol. The average molecular weight is 350 g/mol. The minimum atomic E-state index is -1.06. The van der Waals surface area contributed by atoms with E-state index in [1.807, 2.05) is 0 Å². The quantitative estimate of drug-likeness (QED) is 0.543. The summed E-state index contributed by atoms with van der Waals surface area (Å²) in [7, 11) is 0. The molecule has 3 rings (SSSR count). The lowest BCUT2D eigenvalue weighted by Crippen LogP contribution is -2.14. The summed E-state index contributed by atoms with van der Waals surface area (Å²) in [6.07, 6.45) is 2.78. The van der Waals surface area contributed by atoms with Crippen molar-refractivity contribution in [1.29, 1.82) is 5.26 Å². The Morgan fingerprint density at radius 1 is 1.27 bits per heavy atom. The summed E-state index contributed by atoms with van der Waals surface area (Å²) in [5, 5.41) is 29.3. The van der Waals surface area contributed by atoms with Crippen LogP contribution in [-0.4, -0.2) is 20.0 Å². The van der Waals surface area contributed by atoms with Crippen LogP contribution in [0.2, 0.25) is 0 Å². The van der Waals surface area contributed by atoms with Gasteiger partial charge in [0.1, 0.15) is 17.3 Å². The topological polar surface area (TPSA) is 146 Å². The third kappa shape index (κ3) is 3.20. The van der Waals surface area contributed by atoms with Gasteiger partial charge in [-0.25, -0.2) is 0 Å². The second kappa shape index (κ2) is 6.74. The number of nitrogens with one attached hydrogen (secondary N) is 1. The van der Waals surface area contributed by atoms with Gasteiger partial charge in [-0.05, 0) is 36.4 Å². The van der Waals surface area contributed by atoms with Crippen molar-refractivity contribution in [2.45, 2.75) is 0 Å². The maximum Gasteiger partial charge on any atom is 0.395 e. The van der Waals surface area contributed by atoms with Crippen LogP contribution >= 0.6 is 0 Å². The zero-order valence-corrected chi connectivity index (χ0v) is 13.0. The maximum atomic E-state index is 11.6. The van der Waals surface area contributed by atoms with Gasteiger partial charge in [0, 0.05) is 5.56 Å². The lowest BCUT2D eigenvalue weighted by Gasteiger charge is -1.99. The molecule has 0 unspecified atom stereocenters. The van der Waals surface area contributed by atoms with Gasteiger partial charge in [-0.1, -0.05) is 12.1 Å². The van der Waals surface area contributed by atoms with E-state index in [1.165, 1.54) is 12.2 Å². The molecule has 0 fully saturated rings. The van der Waals surface area contributed by atoms with E-state index in [9.17, 15) is 20.0 Å². The number of aromatic amines is 1. The first kappa shape index (κ1) is 16.7. The number of hydrogen-bond acceptors (Lipinski definition) is 7. The molecule has 0 radical (unpaired) electrons. The van der Waals surface area contributed by atoms with Gasteiger partial charge in [-0.3, -0.25) is 14.9 Å². The predicted molar refractivity (Wildman–Crippen MR) is 91.0 cm³/mol. The molecular weight excluding hydrogens is 340 g/mol. The van der Waals surface area contributed by atoms with Gasteiger partial charge in [0.15, 0.2) is 0 Å². The Balaban J connectivity index is 1.89. The molecule has 1 aromatic carbocycles. The number of nitro groups is 1. The van der Waals surface area contributed by atoms with E-state index in [0.717, 1.165) is 0 Å². The fraction of sp³-hybridized carbons (Fsp3) is 0. The Hall–Kier alpha value is -4.19. The van der Waals surface area contributed by atoms with Crippen molar-refractivity contribution in [3.05, 3.63) is 74.0 Å². The summed E-state index contributed by atoms with van der Waals surface area (Å²) < 4.78 is 5.63. The third-order valence-corrected chi connectivity index (χ3v) is 3.42. The molecule has 0 saturated carbocycles. The third-order valence-electron chi connectivity index (χ3n) is 3.42. The SMILES string of the molecule is N#Cc1ccccc1-c1ccc(/C=C\c2nc(O)c([N+](=O)[O-])c(=O)[nH]2)o1. The standard InChI is InChI=1S/C17H10N4O5/c18-9-10-3-1-2-4-12(10)13-7-5-11(26-13)6-8-14-19-16(22)15(21(24)25)17(23)20-14/h1-8H,(H2,19,20,22,23)/b8-6-. The second-order valence-corrected chi connectivity index (χ2v) is 5.07. The van der Waals surface area contributed by atoms with Crippen LogP contribution < -0.4 is 5.56 Å². The second-order valence-electron chi connectivity index (χ2n) is 5.07. The highest BCUT2D eigenvalue weighted by atomic mass is 16.6. The molecule has 0 atom stereocenters. The highest BCUT2D eigenvalue weighted by Crippen LogP contribution is 2.26. The Kier molecular flexibility index (Phi) is 4.32. The largest absolute Gasteiger partial charge is 0.488 e. The smallest absolute Gasteiger partial charge is 0.395 e. The fourth-order valence-corrected chi connectivity index (χ4v) is 2.26. The number of aromatic nitrogens is 2. The number of nitrogens with zero attached hydrogens (tertiary/aromatic N) is 3. The van der Waals surface area contributed by atoms with E-state index in [0.29, 0.717) is 22.6 Å². The number of aromatic hydroxyl groups is 1. The van der Waals surface area contributed by atoms with Crippen LogP contribution in [0, 0.1) is 21.4 Å². The van der Waals surface area contributed by atoms with Gasteiger partial charge >= 0.3 is 11.2 Å². The summed E-state index contributed by atoms with van der Waals surface area (Å²) in [5.74, 6) is -0.169. The molecule has 9 heteroatoms. The molecule has 2 N–H and O–H groups in total. The summed E-state index contributed by atoms with van der Waals surface area (Å²) in [4.78, 5) is 27.0. The van der Waals surface area contributed by atoms with Crippen LogP contribution in [0.1, 0.15) is 17.1 Å². The zero-order chi connectivity index (χ0) is 18.7. The van der Waals surface area contributed by atoms with Crippen molar-refractivity contribution in [2.75, 3.05) is 0 Å². The minimum Gasteiger partial charge on any atom is -0.488 e. The summed E-state index contributed by atoms with van der Waals surface area (Å²) >= 11 is 0. The first-order chi connectivity index (χ1) is 12.5. The molecule has 128 valence electrons. The first-order valence-corrected chi connectivity index (χ1v) is 7.24. The lowest BCUT2D eigenvalue weighted by atomic mass is 10.1. The molecular formula is C17H10N4O5. The van der Waals surface area contributed by atoms with Gasteiger partial charge in [0.25, 0.3) is 5.88 Å². The van der Waals surface area contributed by atoms with Crippen LogP contribution in [0.25, 0.3) is 23.5 Å². The van der Waals surface area contributed by atoms with Crippen molar-refractivity contribution >= 4 is 17.8 Å². The van der Waals surface area contributed by atoms with Gasteiger partial charge < -0.3 is 14.5 Å². The van der Waals surface area contributed by atoms with Crippen LogP contribution in [0.15, 0.2) is 45.6 Å². The van der Waals surface area contributed by atoms with E-state index in [-0.39, 0.29) is 5.82 Å². The van der Waals surface area contributed by atoms with Crippen molar-refractivity contribution in [3.63, 3.8) is 0 Å². The number of hydrogen-bond donors (Lipinski definition) is 2. The van der Waals surface area contributed by atoms with Crippen molar-refractivity contribution in [3.8, 4) is 23.3 Å². The average Bonchev–Trinajstić information content (AvgIpc) is 3.08. The van der Waals surface area contributed by atoms with E-state index < -0.39 is 22.0 Å². The number of H-pyrrole nitrogens is 1. The van der Waals surface area contributed by atoms with Crippen molar-refractivity contribution in [2.24, 2.45) is 0 Å². The van der Waals surface area contributed by atoms with Gasteiger partial charge in [0.2, 0.25) is 0 Å². The molecule has 0 bridgehead atoms. The summed E-state index contributed by atoms with van der Waals surface area (Å²) in [6, 6.07) is 12.3. The van der Waals surface area contributed by atoms with Crippen LogP contribution in [-0.2, 0) is 0 Å². The molecule has 0 amide bonds. The molecule has 0 spiro atoms. The molecule has 2 heterocycles. The highest BCUT2D eigenvalue weighted by molar-refractivity contribution is 5.69. The molecule has 2 aromatic heterocycles. The van der Waals surface area contributed by atoms with E-state index in [4.69, 9.17) is 9.68 Å². The van der Waals surface area contributed by atoms with E-state index >= 15 is 0 Å². The van der Waals surface area contributed by atoms with Gasteiger partial charge in [-0.2, -0.15) is 10.2 Å². The normalized spacial score (nSPS) is 10.7.